The number of nitrogens with one attached hydrogen (secondary N) is 1. The number of anilines is 2. The van der Waals surface area contributed by atoms with E-state index >= 15 is 0 Å². The number of benzene rings is 1. The predicted molar refractivity (Wildman–Crippen MR) is 141 cm³/mol. The molecule has 0 aliphatic carbocycles. The number of nitrogen functional groups attached to an aromatic ring is 1. The lowest BCUT2D eigenvalue weighted by molar-refractivity contribution is 0.192. The molecule has 2 aliphatic heterocycles. The van der Waals surface area contributed by atoms with E-state index in [2.05, 4.69) is 26.6 Å². The van der Waals surface area contributed by atoms with Crippen molar-refractivity contribution in [1.29, 1.82) is 5.41 Å². The van der Waals surface area contributed by atoms with Crippen molar-refractivity contribution in [3.8, 4) is 5.75 Å². The van der Waals surface area contributed by atoms with E-state index in [4.69, 9.17) is 39.1 Å². The molecule has 0 saturated carbocycles. The number of halogens is 2. The highest BCUT2D eigenvalue weighted by molar-refractivity contribution is 7.99. The Morgan fingerprint density at radius 2 is 1.82 bits per heavy atom. The van der Waals surface area contributed by atoms with Crippen molar-refractivity contribution < 1.29 is 4.74 Å². The van der Waals surface area contributed by atoms with Gasteiger partial charge in [-0.05, 0) is 54.7 Å². The van der Waals surface area contributed by atoms with Crippen LogP contribution in [0.15, 0.2) is 48.9 Å². The van der Waals surface area contributed by atoms with Crippen molar-refractivity contribution in [3.05, 3.63) is 75.7 Å². The summed E-state index contributed by atoms with van der Waals surface area (Å²) in [5.41, 5.74) is 9.43. The van der Waals surface area contributed by atoms with Crippen LogP contribution in [0.25, 0.3) is 0 Å². The standard InChI is InChI=1S/C25H25Cl2N5OS/c26-20-11-30-12-21(27)19(20)13-33-17-2-3-22(28)18(9-17)24(29)16-1-4-23(31-10-16)32-14-25(15-32)5-7-34-8-6-25/h1-4,9-12,29H,5-8,13-15,28H2. The smallest absolute Gasteiger partial charge is 0.128 e. The number of rotatable bonds is 6. The lowest BCUT2D eigenvalue weighted by atomic mass is 9.75. The van der Waals surface area contributed by atoms with E-state index in [9.17, 15) is 0 Å². The van der Waals surface area contributed by atoms with Crippen LogP contribution in [0.3, 0.4) is 0 Å². The highest BCUT2D eigenvalue weighted by Crippen LogP contribution is 2.44. The molecule has 4 heterocycles. The topological polar surface area (TPSA) is 88.1 Å². The molecule has 3 N–H and O–H groups in total. The third-order valence-corrected chi connectivity index (χ3v) is 8.23. The molecule has 34 heavy (non-hydrogen) atoms. The molecule has 2 saturated heterocycles. The summed E-state index contributed by atoms with van der Waals surface area (Å²) in [6, 6.07) is 9.20. The van der Waals surface area contributed by atoms with Gasteiger partial charge in [-0.3, -0.25) is 10.4 Å². The van der Waals surface area contributed by atoms with Gasteiger partial charge in [-0.15, -0.1) is 0 Å². The molecule has 2 aliphatic rings. The highest BCUT2D eigenvalue weighted by atomic mass is 35.5. The molecule has 9 heteroatoms. The summed E-state index contributed by atoms with van der Waals surface area (Å²) in [5.74, 6) is 4.07. The van der Waals surface area contributed by atoms with E-state index in [1.165, 1.54) is 36.7 Å². The molecule has 1 aromatic carbocycles. The zero-order valence-electron chi connectivity index (χ0n) is 18.6. The number of nitrogens with two attached hydrogens (primary N) is 1. The number of ether oxygens (including phenoxy) is 1. The molecule has 0 atom stereocenters. The van der Waals surface area contributed by atoms with E-state index in [-0.39, 0.29) is 6.61 Å². The molecule has 0 amide bonds. The van der Waals surface area contributed by atoms with Gasteiger partial charge in [0.25, 0.3) is 0 Å². The molecule has 0 radical (unpaired) electrons. The van der Waals surface area contributed by atoms with Crippen LogP contribution in [-0.2, 0) is 6.61 Å². The first-order chi connectivity index (χ1) is 16.4. The second-order valence-electron chi connectivity index (χ2n) is 8.87. The average molecular weight is 514 g/mol. The van der Waals surface area contributed by atoms with Crippen molar-refractivity contribution in [1.82, 2.24) is 9.97 Å². The van der Waals surface area contributed by atoms with Crippen molar-refractivity contribution in [2.24, 2.45) is 5.41 Å². The lowest BCUT2D eigenvalue weighted by Crippen LogP contribution is -2.58. The second-order valence-corrected chi connectivity index (χ2v) is 10.9. The molecule has 2 fully saturated rings. The van der Waals surface area contributed by atoms with Gasteiger partial charge in [-0.1, -0.05) is 23.2 Å². The second kappa shape index (κ2) is 9.64. The molecule has 1 spiro atoms. The van der Waals surface area contributed by atoms with E-state index in [0.717, 1.165) is 18.9 Å². The van der Waals surface area contributed by atoms with Crippen LogP contribution in [0.1, 0.15) is 29.5 Å². The van der Waals surface area contributed by atoms with Crippen molar-refractivity contribution in [3.63, 3.8) is 0 Å². The Hall–Kier alpha value is -2.48. The minimum atomic E-state index is 0.184. The summed E-state index contributed by atoms with van der Waals surface area (Å²) in [6.07, 6.45) is 7.41. The van der Waals surface area contributed by atoms with Gasteiger partial charge in [-0.25, -0.2) is 4.98 Å². The van der Waals surface area contributed by atoms with Gasteiger partial charge in [0.05, 0.1) is 15.8 Å². The molecule has 5 rings (SSSR count). The minimum Gasteiger partial charge on any atom is -0.489 e. The molecule has 0 unspecified atom stereocenters. The van der Waals surface area contributed by atoms with Crippen LogP contribution in [0.5, 0.6) is 5.75 Å². The van der Waals surface area contributed by atoms with Gasteiger partial charge in [-0.2, -0.15) is 11.8 Å². The van der Waals surface area contributed by atoms with Gasteiger partial charge in [0, 0.05) is 59.5 Å². The summed E-state index contributed by atoms with van der Waals surface area (Å²) in [5, 5.41) is 9.61. The number of aromatic nitrogens is 2. The first-order valence-electron chi connectivity index (χ1n) is 11.1. The zero-order chi connectivity index (χ0) is 23.7. The summed E-state index contributed by atoms with van der Waals surface area (Å²) < 4.78 is 5.89. The van der Waals surface area contributed by atoms with Crippen molar-refractivity contribution in [2.75, 3.05) is 35.2 Å². The Balaban J connectivity index is 1.27. The van der Waals surface area contributed by atoms with Crippen LogP contribution in [0, 0.1) is 10.8 Å². The van der Waals surface area contributed by atoms with Gasteiger partial charge in [0.2, 0.25) is 0 Å². The molecule has 0 bridgehead atoms. The number of thioether (sulfide) groups is 1. The van der Waals surface area contributed by atoms with Gasteiger partial charge in [0.15, 0.2) is 0 Å². The van der Waals surface area contributed by atoms with E-state index < -0.39 is 0 Å². The van der Waals surface area contributed by atoms with Crippen LogP contribution >= 0.6 is 35.0 Å². The molecule has 3 aromatic rings. The molecule has 176 valence electrons. The number of nitrogens with zero attached hydrogens (tertiary/aromatic N) is 3. The third-order valence-electron chi connectivity index (χ3n) is 6.60. The Labute approximate surface area is 213 Å². The maximum absolute atomic E-state index is 8.72. The first kappa shape index (κ1) is 23.3. The maximum atomic E-state index is 8.72. The van der Waals surface area contributed by atoms with E-state index in [1.54, 1.807) is 24.4 Å². The van der Waals surface area contributed by atoms with Crippen LogP contribution in [0.4, 0.5) is 11.5 Å². The fourth-order valence-electron chi connectivity index (χ4n) is 4.50. The predicted octanol–water partition coefficient (Wildman–Crippen LogP) is 5.69. The first-order valence-corrected chi connectivity index (χ1v) is 13.0. The van der Waals surface area contributed by atoms with E-state index in [0.29, 0.717) is 49.3 Å². The highest BCUT2D eigenvalue weighted by Gasteiger charge is 2.44. The van der Waals surface area contributed by atoms with Crippen LogP contribution in [-0.4, -0.2) is 40.3 Å². The van der Waals surface area contributed by atoms with E-state index in [1.807, 2.05) is 12.1 Å². The zero-order valence-corrected chi connectivity index (χ0v) is 20.9. The summed E-state index contributed by atoms with van der Waals surface area (Å²) in [7, 11) is 0. The molecular weight excluding hydrogens is 489 g/mol. The number of hydrogen-bond donors (Lipinski definition) is 2. The quantitative estimate of drug-likeness (QED) is 0.324. The van der Waals surface area contributed by atoms with Crippen LogP contribution in [0.2, 0.25) is 10.0 Å². The van der Waals surface area contributed by atoms with Crippen molar-refractivity contribution in [2.45, 2.75) is 19.4 Å². The summed E-state index contributed by atoms with van der Waals surface area (Å²) in [6.45, 7) is 2.34. The van der Waals surface area contributed by atoms with Crippen molar-refractivity contribution >= 4 is 52.2 Å². The Bertz CT molecular complexity index is 1190. The normalized spacial score (nSPS) is 16.8. The van der Waals surface area contributed by atoms with Gasteiger partial charge < -0.3 is 15.4 Å². The maximum Gasteiger partial charge on any atom is 0.128 e. The number of hydrogen-bond acceptors (Lipinski definition) is 7. The van der Waals surface area contributed by atoms with Gasteiger partial charge >= 0.3 is 0 Å². The molecular formula is C25H25Cl2N5OS. The van der Waals surface area contributed by atoms with Crippen LogP contribution < -0.4 is 15.4 Å². The molecule has 2 aromatic heterocycles. The fourth-order valence-corrected chi connectivity index (χ4v) is 6.33. The van der Waals surface area contributed by atoms with Gasteiger partial charge in [0.1, 0.15) is 18.2 Å². The Kier molecular flexibility index (Phi) is 6.60. The molecule has 6 nitrogen and oxygen atoms in total. The Morgan fingerprint density at radius 1 is 1.09 bits per heavy atom. The number of pyridine rings is 2. The minimum absolute atomic E-state index is 0.184. The summed E-state index contributed by atoms with van der Waals surface area (Å²) in [4.78, 5) is 10.9. The largest absolute Gasteiger partial charge is 0.489 e. The third kappa shape index (κ3) is 4.69. The Morgan fingerprint density at radius 3 is 2.50 bits per heavy atom. The average Bonchev–Trinajstić information content (AvgIpc) is 2.83. The SMILES string of the molecule is N=C(c1ccc(N2CC3(CCSCC3)C2)nc1)c1cc(OCc2c(Cl)cncc2Cl)ccc1N. The summed E-state index contributed by atoms with van der Waals surface area (Å²) >= 11 is 14.4. The lowest BCUT2D eigenvalue weighted by Gasteiger charge is -2.52. The monoisotopic (exact) mass is 513 g/mol. The fraction of sp³-hybridized carbons (Fsp3) is 0.320.